The third kappa shape index (κ3) is 1.66. The fourth-order valence-electron chi connectivity index (χ4n) is 2.33. The van der Waals surface area contributed by atoms with Crippen LogP contribution in [0.3, 0.4) is 0 Å². The number of aryl methyl sites for hydroxylation is 2. The third-order valence-electron chi connectivity index (χ3n) is 3.05. The summed E-state index contributed by atoms with van der Waals surface area (Å²) in [7, 11) is 1.96. The molecular weight excluding hydrogens is 176 g/mol. The van der Waals surface area contributed by atoms with Crippen LogP contribution >= 0.6 is 0 Å². The SMILES string of the molecule is Cc1nc(C2CCCCC2N)n(C)n1. The van der Waals surface area contributed by atoms with Gasteiger partial charge < -0.3 is 5.73 Å². The number of nitrogens with two attached hydrogens (primary N) is 1. The summed E-state index contributed by atoms with van der Waals surface area (Å²) < 4.78 is 1.88. The van der Waals surface area contributed by atoms with Crippen molar-refractivity contribution in [1.82, 2.24) is 14.8 Å². The Balaban J connectivity index is 2.24. The molecule has 2 atom stereocenters. The quantitative estimate of drug-likeness (QED) is 0.728. The molecule has 14 heavy (non-hydrogen) atoms. The second kappa shape index (κ2) is 3.69. The first kappa shape index (κ1) is 9.65. The lowest BCUT2D eigenvalue weighted by atomic mass is 9.84. The molecule has 78 valence electrons. The number of aromatic nitrogens is 3. The highest BCUT2D eigenvalue weighted by Crippen LogP contribution is 2.30. The zero-order valence-corrected chi connectivity index (χ0v) is 8.90. The maximum atomic E-state index is 6.11. The summed E-state index contributed by atoms with van der Waals surface area (Å²) in [6.07, 6.45) is 4.81. The molecular formula is C10H18N4. The summed E-state index contributed by atoms with van der Waals surface area (Å²) in [6.45, 7) is 1.93. The topological polar surface area (TPSA) is 56.7 Å². The summed E-state index contributed by atoms with van der Waals surface area (Å²) in [6, 6.07) is 0.269. The average molecular weight is 194 g/mol. The van der Waals surface area contributed by atoms with Crippen LogP contribution in [0, 0.1) is 6.92 Å². The lowest BCUT2D eigenvalue weighted by Gasteiger charge is -2.27. The molecule has 0 bridgehead atoms. The van der Waals surface area contributed by atoms with Gasteiger partial charge in [0.2, 0.25) is 0 Å². The standard InChI is InChI=1S/C10H18N4/c1-7-12-10(14(2)13-7)8-5-3-4-6-9(8)11/h8-9H,3-6,11H2,1-2H3. The molecule has 0 saturated heterocycles. The van der Waals surface area contributed by atoms with Crippen molar-refractivity contribution in [1.29, 1.82) is 0 Å². The fraction of sp³-hybridized carbons (Fsp3) is 0.800. The molecule has 1 aromatic heterocycles. The van der Waals surface area contributed by atoms with Crippen LogP contribution in [0.25, 0.3) is 0 Å². The van der Waals surface area contributed by atoms with Crippen LogP contribution in [0.4, 0.5) is 0 Å². The normalized spacial score (nSPS) is 27.9. The van der Waals surface area contributed by atoms with E-state index >= 15 is 0 Å². The van der Waals surface area contributed by atoms with Crippen molar-refractivity contribution < 1.29 is 0 Å². The Morgan fingerprint density at radius 2 is 2.07 bits per heavy atom. The minimum absolute atomic E-state index is 0.269. The summed E-state index contributed by atoms with van der Waals surface area (Å²) in [5, 5.41) is 4.27. The number of hydrogen-bond acceptors (Lipinski definition) is 3. The van der Waals surface area contributed by atoms with E-state index in [1.54, 1.807) is 0 Å². The molecule has 2 N–H and O–H groups in total. The summed E-state index contributed by atoms with van der Waals surface area (Å²) in [4.78, 5) is 4.46. The van der Waals surface area contributed by atoms with Crippen molar-refractivity contribution >= 4 is 0 Å². The zero-order valence-electron chi connectivity index (χ0n) is 8.90. The van der Waals surface area contributed by atoms with Crippen LogP contribution < -0.4 is 5.73 Å². The zero-order chi connectivity index (χ0) is 10.1. The second-order valence-electron chi connectivity index (χ2n) is 4.20. The summed E-state index contributed by atoms with van der Waals surface area (Å²) in [5.41, 5.74) is 6.11. The van der Waals surface area contributed by atoms with Crippen LogP contribution in [0.5, 0.6) is 0 Å². The number of hydrogen-bond donors (Lipinski definition) is 1. The Morgan fingerprint density at radius 1 is 1.36 bits per heavy atom. The molecule has 4 heteroatoms. The molecule has 1 saturated carbocycles. The Bertz CT molecular complexity index is 318. The molecule has 1 aliphatic carbocycles. The molecule has 1 heterocycles. The smallest absolute Gasteiger partial charge is 0.147 e. The van der Waals surface area contributed by atoms with Gasteiger partial charge in [-0.05, 0) is 19.8 Å². The van der Waals surface area contributed by atoms with E-state index in [9.17, 15) is 0 Å². The van der Waals surface area contributed by atoms with E-state index in [-0.39, 0.29) is 6.04 Å². The van der Waals surface area contributed by atoms with E-state index in [0.29, 0.717) is 5.92 Å². The highest BCUT2D eigenvalue weighted by Gasteiger charge is 2.27. The first-order valence-electron chi connectivity index (χ1n) is 5.31. The van der Waals surface area contributed by atoms with Crippen molar-refractivity contribution in [2.24, 2.45) is 12.8 Å². The maximum Gasteiger partial charge on any atom is 0.147 e. The summed E-state index contributed by atoms with van der Waals surface area (Å²) in [5.74, 6) is 2.32. The van der Waals surface area contributed by atoms with Crippen LogP contribution in [-0.2, 0) is 7.05 Å². The molecule has 1 aliphatic rings. The van der Waals surface area contributed by atoms with E-state index in [4.69, 9.17) is 5.73 Å². The van der Waals surface area contributed by atoms with Crippen LogP contribution in [-0.4, -0.2) is 20.8 Å². The highest BCUT2D eigenvalue weighted by atomic mass is 15.3. The minimum Gasteiger partial charge on any atom is -0.327 e. The van der Waals surface area contributed by atoms with Gasteiger partial charge in [0.15, 0.2) is 0 Å². The van der Waals surface area contributed by atoms with Crippen molar-refractivity contribution in [3.63, 3.8) is 0 Å². The Labute approximate surface area is 84.5 Å². The average Bonchev–Trinajstić information content (AvgIpc) is 2.46. The van der Waals surface area contributed by atoms with Crippen molar-refractivity contribution in [2.45, 2.75) is 44.6 Å². The van der Waals surface area contributed by atoms with E-state index < -0.39 is 0 Å². The van der Waals surface area contributed by atoms with E-state index in [0.717, 1.165) is 24.5 Å². The van der Waals surface area contributed by atoms with Gasteiger partial charge >= 0.3 is 0 Å². The van der Waals surface area contributed by atoms with Gasteiger partial charge in [-0.15, -0.1) is 0 Å². The molecule has 0 radical (unpaired) electrons. The van der Waals surface area contributed by atoms with E-state index in [1.807, 2.05) is 18.7 Å². The van der Waals surface area contributed by atoms with Crippen molar-refractivity contribution in [2.75, 3.05) is 0 Å². The van der Waals surface area contributed by atoms with Crippen molar-refractivity contribution in [3.8, 4) is 0 Å². The molecule has 2 rings (SSSR count). The summed E-state index contributed by atoms with van der Waals surface area (Å²) >= 11 is 0. The molecule has 0 spiro atoms. The van der Waals surface area contributed by atoms with Gasteiger partial charge in [0, 0.05) is 19.0 Å². The van der Waals surface area contributed by atoms with Gasteiger partial charge in [-0.1, -0.05) is 12.8 Å². The molecule has 0 aliphatic heterocycles. The molecule has 4 nitrogen and oxygen atoms in total. The van der Waals surface area contributed by atoms with Gasteiger partial charge in [-0.25, -0.2) is 4.98 Å². The number of nitrogens with zero attached hydrogens (tertiary/aromatic N) is 3. The molecule has 1 fully saturated rings. The Morgan fingerprint density at radius 3 is 2.64 bits per heavy atom. The van der Waals surface area contributed by atoms with Gasteiger partial charge in [0.1, 0.15) is 11.6 Å². The maximum absolute atomic E-state index is 6.11. The first-order valence-corrected chi connectivity index (χ1v) is 5.31. The fourth-order valence-corrected chi connectivity index (χ4v) is 2.33. The van der Waals surface area contributed by atoms with Gasteiger partial charge in [-0.2, -0.15) is 5.10 Å². The molecule has 2 unspecified atom stereocenters. The third-order valence-corrected chi connectivity index (χ3v) is 3.05. The predicted octanol–water partition coefficient (Wildman–Crippen LogP) is 1.11. The molecule has 0 aromatic carbocycles. The number of rotatable bonds is 1. The van der Waals surface area contributed by atoms with Crippen LogP contribution in [0.2, 0.25) is 0 Å². The molecule has 1 aromatic rings. The van der Waals surface area contributed by atoms with Crippen LogP contribution in [0.1, 0.15) is 43.3 Å². The van der Waals surface area contributed by atoms with E-state index in [1.165, 1.54) is 12.8 Å². The minimum atomic E-state index is 0.269. The first-order chi connectivity index (χ1) is 6.68. The molecule has 0 amide bonds. The van der Waals surface area contributed by atoms with E-state index in [2.05, 4.69) is 10.1 Å². The van der Waals surface area contributed by atoms with Crippen molar-refractivity contribution in [3.05, 3.63) is 11.6 Å². The Kier molecular flexibility index (Phi) is 2.54. The van der Waals surface area contributed by atoms with Gasteiger partial charge in [0.05, 0.1) is 0 Å². The highest BCUT2D eigenvalue weighted by molar-refractivity contribution is 5.04. The second-order valence-corrected chi connectivity index (χ2v) is 4.20. The Hall–Kier alpha value is -0.900. The monoisotopic (exact) mass is 194 g/mol. The lowest BCUT2D eigenvalue weighted by Crippen LogP contribution is -2.33. The largest absolute Gasteiger partial charge is 0.327 e. The predicted molar refractivity (Wildman–Crippen MR) is 54.9 cm³/mol. The van der Waals surface area contributed by atoms with Crippen LogP contribution in [0.15, 0.2) is 0 Å². The van der Waals surface area contributed by atoms with Gasteiger partial charge in [-0.3, -0.25) is 4.68 Å². The van der Waals surface area contributed by atoms with Gasteiger partial charge in [0.25, 0.3) is 0 Å². The lowest BCUT2D eigenvalue weighted by molar-refractivity contribution is 0.364.